The summed E-state index contributed by atoms with van der Waals surface area (Å²) in [7, 11) is 0. The lowest BCUT2D eigenvalue weighted by atomic mass is 10.0. The highest BCUT2D eigenvalue weighted by molar-refractivity contribution is 5.82. The normalized spacial score (nSPS) is 24.8. The smallest absolute Gasteiger partial charge is 0.239 e. The van der Waals surface area contributed by atoms with Gasteiger partial charge in [-0.2, -0.15) is 10.2 Å². The molecule has 1 atom stereocenters. The van der Waals surface area contributed by atoms with Crippen LogP contribution in [0, 0.1) is 12.3 Å². The van der Waals surface area contributed by atoms with Crippen molar-refractivity contribution in [2.24, 2.45) is 10.2 Å². The first kappa shape index (κ1) is 17.9. The summed E-state index contributed by atoms with van der Waals surface area (Å²) in [5, 5.41) is 14.5. The Hall–Kier alpha value is -1.94. The van der Waals surface area contributed by atoms with Gasteiger partial charge in [0.05, 0.1) is 6.04 Å². The highest BCUT2D eigenvalue weighted by atomic mass is 16.2. The molecule has 0 radical (unpaired) electrons. The number of amides is 2. The topological polar surface area (TPSA) is 86.2 Å². The van der Waals surface area contributed by atoms with Crippen LogP contribution in [0.4, 0.5) is 0 Å². The molecule has 0 aromatic rings. The molecule has 2 N–H and O–H groups in total. The Morgan fingerprint density at radius 2 is 2.00 bits per heavy atom. The number of rotatable bonds is 7. The van der Waals surface area contributed by atoms with E-state index < -0.39 is 5.66 Å². The zero-order chi connectivity index (χ0) is 17.7. The zero-order valence-corrected chi connectivity index (χ0v) is 14.7. The van der Waals surface area contributed by atoms with E-state index in [0.29, 0.717) is 19.3 Å². The van der Waals surface area contributed by atoms with E-state index in [4.69, 9.17) is 6.42 Å². The van der Waals surface area contributed by atoms with Gasteiger partial charge in [-0.05, 0) is 32.2 Å². The van der Waals surface area contributed by atoms with E-state index in [1.54, 1.807) is 0 Å². The highest BCUT2D eigenvalue weighted by Gasteiger charge is 2.39. The molecule has 2 amide bonds. The van der Waals surface area contributed by atoms with Gasteiger partial charge in [0, 0.05) is 44.8 Å². The summed E-state index contributed by atoms with van der Waals surface area (Å²) >= 11 is 0. The van der Waals surface area contributed by atoms with Gasteiger partial charge in [0.25, 0.3) is 0 Å². The summed E-state index contributed by atoms with van der Waals surface area (Å²) in [6.45, 7) is 2.38. The number of nitrogens with zero attached hydrogens (tertiary/aromatic N) is 3. The van der Waals surface area contributed by atoms with Crippen molar-refractivity contribution in [3.8, 4) is 12.3 Å². The molecule has 3 heterocycles. The Bertz CT molecular complexity index is 563. The molecular weight excluding hydrogens is 318 g/mol. The van der Waals surface area contributed by atoms with Crippen LogP contribution in [0.1, 0.15) is 51.4 Å². The van der Waals surface area contributed by atoms with E-state index in [2.05, 4.69) is 26.8 Å². The molecule has 2 fully saturated rings. The molecule has 0 saturated carbocycles. The zero-order valence-electron chi connectivity index (χ0n) is 14.7. The summed E-state index contributed by atoms with van der Waals surface area (Å²) in [6.07, 6.45) is 11.3. The van der Waals surface area contributed by atoms with Crippen LogP contribution in [0.15, 0.2) is 10.2 Å². The fraction of sp³-hybridized carbons (Fsp3) is 0.778. The molecule has 0 bridgehead atoms. The van der Waals surface area contributed by atoms with Crippen molar-refractivity contribution >= 4 is 11.8 Å². The monoisotopic (exact) mass is 345 g/mol. The predicted octanol–water partition coefficient (Wildman–Crippen LogP) is 1.20. The molecule has 0 unspecified atom stereocenters. The molecule has 0 spiro atoms. The average molecular weight is 345 g/mol. The van der Waals surface area contributed by atoms with Crippen LogP contribution < -0.4 is 10.6 Å². The van der Waals surface area contributed by atoms with Crippen LogP contribution in [-0.4, -0.2) is 54.1 Å². The number of nitrogens with one attached hydrogen (secondary N) is 2. The van der Waals surface area contributed by atoms with Crippen LogP contribution in [0.2, 0.25) is 0 Å². The third-order valence-electron chi connectivity index (χ3n) is 5.34. The van der Waals surface area contributed by atoms with Gasteiger partial charge in [-0.3, -0.25) is 9.59 Å². The average Bonchev–Trinajstić information content (AvgIpc) is 3.18. The fourth-order valence-electron chi connectivity index (χ4n) is 3.64. The maximum atomic E-state index is 12.4. The molecule has 0 aromatic carbocycles. The second-order valence-electron chi connectivity index (χ2n) is 7.20. The molecule has 0 aliphatic carbocycles. The number of hydrogen-bond acceptors (Lipinski definition) is 5. The van der Waals surface area contributed by atoms with Gasteiger partial charge in [0.2, 0.25) is 11.8 Å². The van der Waals surface area contributed by atoms with Gasteiger partial charge in [-0.25, -0.2) is 0 Å². The van der Waals surface area contributed by atoms with Gasteiger partial charge >= 0.3 is 0 Å². The molecule has 2 saturated heterocycles. The largest absolute Gasteiger partial charge is 0.353 e. The summed E-state index contributed by atoms with van der Waals surface area (Å²) in [5.74, 6) is 2.85. The minimum Gasteiger partial charge on any atom is -0.353 e. The third kappa shape index (κ3) is 4.79. The number of carbonyl (C=O) groups excluding carboxylic acids is 2. The van der Waals surface area contributed by atoms with Crippen LogP contribution in [0.3, 0.4) is 0 Å². The maximum Gasteiger partial charge on any atom is 0.239 e. The molecule has 3 rings (SSSR count). The molecule has 3 aliphatic heterocycles. The number of carbonyl (C=O) groups is 2. The minimum absolute atomic E-state index is 0.00335. The molecule has 0 aromatic heterocycles. The van der Waals surface area contributed by atoms with E-state index in [0.717, 1.165) is 51.7 Å². The van der Waals surface area contributed by atoms with Crippen molar-refractivity contribution < 1.29 is 9.59 Å². The Kier molecular flexibility index (Phi) is 5.69. The van der Waals surface area contributed by atoms with Crippen molar-refractivity contribution in [2.45, 2.75) is 69.1 Å². The first-order chi connectivity index (χ1) is 12.1. The van der Waals surface area contributed by atoms with E-state index in [-0.39, 0.29) is 23.9 Å². The number of hydrogen-bond donors (Lipinski definition) is 2. The molecule has 25 heavy (non-hydrogen) atoms. The van der Waals surface area contributed by atoms with Crippen LogP contribution in [0.25, 0.3) is 0 Å². The van der Waals surface area contributed by atoms with Crippen molar-refractivity contribution in [3.63, 3.8) is 0 Å². The number of terminal acetylenes is 1. The first-order valence-corrected chi connectivity index (χ1v) is 9.31. The molecular formula is C18H27N5O2. The first-order valence-electron chi connectivity index (χ1n) is 9.31. The Morgan fingerprint density at radius 3 is 2.60 bits per heavy atom. The second-order valence-corrected chi connectivity index (χ2v) is 7.20. The summed E-state index contributed by atoms with van der Waals surface area (Å²) in [5.41, 5.74) is -0.395. The van der Waals surface area contributed by atoms with Gasteiger partial charge < -0.3 is 15.5 Å². The standard InChI is InChI=1S/C18H27N5O2/c1-2-3-9-18(21-22-18)10-6-16(24)20-14-7-12-23(13-8-14)17(25)15-5-4-11-19-15/h1,14-15,19H,3-13H2,(H,20,24)/t15-/m0/s1. The van der Waals surface area contributed by atoms with Crippen molar-refractivity contribution in [2.75, 3.05) is 19.6 Å². The van der Waals surface area contributed by atoms with E-state index in [1.165, 1.54) is 0 Å². The maximum absolute atomic E-state index is 12.4. The Morgan fingerprint density at radius 1 is 1.24 bits per heavy atom. The molecule has 7 heteroatoms. The number of piperidine rings is 1. The van der Waals surface area contributed by atoms with Crippen molar-refractivity contribution in [1.82, 2.24) is 15.5 Å². The highest BCUT2D eigenvalue weighted by Crippen LogP contribution is 2.37. The lowest BCUT2D eigenvalue weighted by molar-refractivity contribution is -0.134. The van der Waals surface area contributed by atoms with E-state index >= 15 is 0 Å². The second kappa shape index (κ2) is 7.96. The van der Waals surface area contributed by atoms with Gasteiger partial charge in [0.1, 0.15) is 0 Å². The van der Waals surface area contributed by atoms with E-state index in [1.807, 2.05) is 4.90 Å². The Labute approximate surface area is 149 Å². The fourth-order valence-corrected chi connectivity index (χ4v) is 3.64. The summed E-state index contributed by atoms with van der Waals surface area (Å²) in [4.78, 5) is 26.5. The SMILES string of the molecule is C#CCCC1(CCC(=O)NC2CCN(C(=O)[C@@H]3CCCN3)CC2)N=N1. The van der Waals surface area contributed by atoms with Gasteiger partial charge in [0.15, 0.2) is 5.66 Å². The van der Waals surface area contributed by atoms with Gasteiger partial charge in [-0.1, -0.05) is 0 Å². The van der Waals surface area contributed by atoms with E-state index in [9.17, 15) is 9.59 Å². The quantitative estimate of drug-likeness (QED) is 0.680. The lowest BCUT2D eigenvalue weighted by Crippen LogP contribution is -2.50. The predicted molar refractivity (Wildman–Crippen MR) is 93.7 cm³/mol. The minimum atomic E-state index is -0.395. The van der Waals surface area contributed by atoms with Crippen molar-refractivity contribution in [1.29, 1.82) is 0 Å². The Balaban J connectivity index is 1.34. The third-order valence-corrected chi connectivity index (χ3v) is 5.34. The van der Waals surface area contributed by atoms with Crippen molar-refractivity contribution in [3.05, 3.63) is 0 Å². The van der Waals surface area contributed by atoms with Crippen LogP contribution in [0.5, 0.6) is 0 Å². The molecule has 7 nitrogen and oxygen atoms in total. The molecule has 136 valence electrons. The number of likely N-dealkylation sites (tertiary alicyclic amines) is 1. The molecule has 3 aliphatic rings. The van der Waals surface area contributed by atoms with Crippen LogP contribution in [-0.2, 0) is 9.59 Å². The van der Waals surface area contributed by atoms with Gasteiger partial charge in [-0.15, -0.1) is 12.3 Å². The summed E-state index contributed by atoms with van der Waals surface area (Å²) in [6, 6.07) is 0.152. The lowest BCUT2D eigenvalue weighted by Gasteiger charge is -2.34. The van der Waals surface area contributed by atoms with Crippen LogP contribution >= 0.6 is 0 Å². The summed E-state index contributed by atoms with van der Waals surface area (Å²) < 4.78 is 0.